The van der Waals surface area contributed by atoms with Crippen LogP contribution in [0.3, 0.4) is 0 Å². The first-order chi connectivity index (χ1) is 14.4. The minimum Gasteiger partial charge on any atom is -0.387 e. The first-order valence-corrected chi connectivity index (χ1v) is 10.7. The van der Waals surface area contributed by atoms with E-state index in [-0.39, 0.29) is 17.3 Å². The lowest BCUT2D eigenvalue weighted by atomic mass is 9.98. The molecule has 0 heterocycles. The maximum atomic E-state index is 12.8. The van der Waals surface area contributed by atoms with Crippen LogP contribution in [-0.4, -0.2) is 11.9 Å². The summed E-state index contributed by atoms with van der Waals surface area (Å²) in [5, 5.41) is 14.9. The minimum atomic E-state index is -4.50. The van der Waals surface area contributed by atoms with E-state index in [1.54, 1.807) is 0 Å². The molecule has 1 amide bonds. The molecule has 2 rings (SSSR count). The quantitative estimate of drug-likeness (QED) is 0.442. The monoisotopic (exact) mass is 421 g/mol. The number of hydrogen-bond acceptors (Lipinski definition) is 3. The van der Waals surface area contributed by atoms with E-state index in [0.717, 1.165) is 37.8 Å². The zero-order valence-corrected chi connectivity index (χ0v) is 17.2. The van der Waals surface area contributed by atoms with Crippen LogP contribution in [0, 0.1) is 11.3 Å². The second-order valence-corrected chi connectivity index (χ2v) is 7.83. The maximum absolute atomic E-state index is 12.8. The Morgan fingerprint density at radius 3 is 2.10 bits per heavy atom. The van der Waals surface area contributed by atoms with Crippen molar-refractivity contribution in [2.45, 2.75) is 82.8 Å². The molecule has 0 spiro atoms. The van der Waals surface area contributed by atoms with Crippen LogP contribution >= 0.6 is 0 Å². The van der Waals surface area contributed by atoms with Crippen LogP contribution in [0.4, 0.5) is 18.9 Å². The molecule has 0 unspecified atom stereocenters. The van der Waals surface area contributed by atoms with Gasteiger partial charge in [0.15, 0.2) is 0 Å². The third-order valence-corrected chi connectivity index (χ3v) is 5.38. The van der Waals surface area contributed by atoms with Crippen LogP contribution in [-0.2, 0) is 11.0 Å². The average molecular weight is 422 g/mol. The van der Waals surface area contributed by atoms with E-state index in [0.29, 0.717) is 0 Å². The molecule has 0 bridgehead atoms. The molecule has 164 valence electrons. The lowest BCUT2D eigenvalue weighted by Gasteiger charge is -2.18. The number of benzene rings is 1. The summed E-state index contributed by atoms with van der Waals surface area (Å²) in [6, 6.07) is 6.40. The summed E-state index contributed by atoms with van der Waals surface area (Å²) in [6.07, 6.45) is 9.80. The van der Waals surface area contributed by atoms with E-state index in [1.165, 1.54) is 63.3 Å². The Hall–Kier alpha value is -2.49. The van der Waals surface area contributed by atoms with E-state index in [1.807, 2.05) is 6.07 Å². The molecule has 1 aromatic rings. The van der Waals surface area contributed by atoms with Gasteiger partial charge in [0, 0.05) is 17.9 Å². The molecule has 1 aliphatic carbocycles. The van der Waals surface area contributed by atoms with E-state index < -0.39 is 17.6 Å². The van der Waals surface area contributed by atoms with Crippen molar-refractivity contribution in [2.75, 3.05) is 5.32 Å². The first-order valence-electron chi connectivity index (χ1n) is 10.7. The third-order valence-electron chi connectivity index (χ3n) is 5.38. The molecule has 0 aliphatic heterocycles. The highest BCUT2D eigenvalue weighted by Gasteiger charge is 2.30. The Morgan fingerprint density at radius 1 is 1.00 bits per heavy atom. The fraction of sp³-hybridized carbons (Fsp3) is 0.565. The Labute approximate surface area is 176 Å². The van der Waals surface area contributed by atoms with Crippen molar-refractivity contribution in [3.8, 4) is 6.07 Å². The zero-order valence-electron chi connectivity index (χ0n) is 17.2. The molecular weight excluding hydrogens is 391 g/mol. The van der Waals surface area contributed by atoms with Gasteiger partial charge in [-0.25, -0.2) is 0 Å². The highest BCUT2D eigenvalue weighted by atomic mass is 19.4. The number of nitriles is 1. The van der Waals surface area contributed by atoms with Crippen molar-refractivity contribution in [3.63, 3.8) is 0 Å². The van der Waals surface area contributed by atoms with Gasteiger partial charge in [-0.15, -0.1) is 0 Å². The molecule has 1 aliphatic rings. The molecule has 0 radical (unpaired) electrons. The molecule has 4 nitrogen and oxygen atoms in total. The maximum Gasteiger partial charge on any atom is 0.416 e. The van der Waals surface area contributed by atoms with Crippen molar-refractivity contribution in [1.29, 1.82) is 5.26 Å². The fourth-order valence-electron chi connectivity index (χ4n) is 3.65. The van der Waals surface area contributed by atoms with Crippen LogP contribution in [0.15, 0.2) is 36.0 Å². The van der Waals surface area contributed by atoms with Gasteiger partial charge >= 0.3 is 6.18 Å². The number of anilines is 1. The molecule has 0 aromatic heterocycles. The van der Waals surface area contributed by atoms with Gasteiger partial charge in [-0.1, -0.05) is 63.9 Å². The standard InChI is InChI=1S/C23H30F3N3O/c24-23(25,26)19-11-10-14-21(15-19)29-22(30)18(16-27)17-28-20-12-8-6-4-2-1-3-5-7-9-13-20/h10-11,14-15,17,20,28H,1-9,12-13H2,(H,29,30)/b18-17-. The highest BCUT2D eigenvalue weighted by Crippen LogP contribution is 2.30. The molecule has 1 aromatic carbocycles. The number of hydrogen-bond donors (Lipinski definition) is 2. The number of carbonyl (C=O) groups is 1. The van der Waals surface area contributed by atoms with Crippen LogP contribution < -0.4 is 10.6 Å². The molecule has 30 heavy (non-hydrogen) atoms. The number of carbonyl (C=O) groups excluding carboxylic acids is 1. The van der Waals surface area contributed by atoms with E-state index in [9.17, 15) is 23.2 Å². The summed E-state index contributed by atoms with van der Waals surface area (Å²) in [6.45, 7) is 0. The van der Waals surface area contributed by atoms with Crippen LogP contribution in [0.2, 0.25) is 0 Å². The van der Waals surface area contributed by atoms with Crippen molar-refractivity contribution in [1.82, 2.24) is 5.32 Å². The van der Waals surface area contributed by atoms with Crippen molar-refractivity contribution in [2.24, 2.45) is 0 Å². The molecule has 2 N–H and O–H groups in total. The lowest BCUT2D eigenvalue weighted by molar-refractivity contribution is -0.137. The van der Waals surface area contributed by atoms with Gasteiger partial charge < -0.3 is 10.6 Å². The van der Waals surface area contributed by atoms with Crippen LogP contribution in [0.5, 0.6) is 0 Å². The Bertz CT molecular complexity index is 741. The number of nitrogens with one attached hydrogen (secondary N) is 2. The number of amides is 1. The summed E-state index contributed by atoms with van der Waals surface area (Å²) in [5.74, 6) is -0.725. The number of rotatable bonds is 4. The molecular formula is C23H30F3N3O. The lowest BCUT2D eigenvalue weighted by Crippen LogP contribution is -2.26. The topological polar surface area (TPSA) is 64.9 Å². The van der Waals surface area contributed by atoms with Crippen LogP contribution in [0.25, 0.3) is 0 Å². The largest absolute Gasteiger partial charge is 0.416 e. The second kappa shape index (κ2) is 12.3. The SMILES string of the molecule is N#C/C(=C/NC1CCCCCCCCCCC1)C(=O)Nc1cccc(C(F)(F)F)c1. The van der Waals surface area contributed by atoms with Gasteiger partial charge in [0.1, 0.15) is 11.6 Å². The van der Waals surface area contributed by atoms with Crippen LogP contribution in [0.1, 0.15) is 76.2 Å². The Morgan fingerprint density at radius 2 is 1.57 bits per heavy atom. The minimum absolute atomic E-state index is 0.00183. The smallest absolute Gasteiger partial charge is 0.387 e. The van der Waals surface area contributed by atoms with Gasteiger partial charge in [0.05, 0.1) is 5.56 Å². The highest BCUT2D eigenvalue weighted by molar-refractivity contribution is 6.06. The Kier molecular flexibility index (Phi) is 9.72. The fourth-order valence-corrected chi connectivity index (χ4v) is 3.65. The normalized spacial score (nSPS) is 17.9. The summed E-state index contributed by atoms with van der Waals surface area (Å²) in [4.78, 5) is 12.4. The van der Waals surface area contributed by atoms with Gasteiger partial charge in [-0.3, -0.25) is 4.79 Å². The Balaban J connectivity index is 1.97. The summed E-state index contributed by atoms with van der Waals surface area (Å²) in [7, 11) is 0. The molecule has 1 fully saturated rings. The summed E-state index contributed by atoms with van der Waals surface area (Å²) in [5.41, 5.74) is -1.00. The van der Waals surface area contributed by atoms with E-state index >= 15 is 0 Å². The van der Waals surface area contributed by atoms with Gasteiger partial charge in [0.25, 0.3) is 5.91 Å². The van der Waals surface area contributed by atoms with Crippen molar-refractivity contribution >= 4 is 11.6 Å². The van der Waals surface area contributed by atoms with E-state index in [2.05, 4.69) is 10.6 Å². The molecule has 0 saturated heterocycles. The molecule has 0 atom stereocenters. The van der Waals surface area contributed by atoms with Gasteiger partial charge in [-0.05, 0) is 31.0 Å². The zero-order chi connectivity index (χ0) is 21.8. The number of halogens is 3. The summed E-state index contributed by atoms with van der Waals surface area (Å²) < 4.78 is 38.5. The van der Waals surface area contributed by atoms with Gasteiger partial charge in [-0.2, -0.15) is 18.4 Å². The van der Waals surface area contributed by atoms with Gasteiger partial charge in [0.2, 0.25) is 0 Å². The molecule has 1 saturated carbocycles. The summed E-state index contributed by atoms with van der Waals surface area (Å²) >= 11 is 0. The predicted octanol–water partition coefficient (Wildman–Crippen LogP) is 6.31. The average Bonchev–Trinajstić information content (AvgIpc) is 2.69. The van der Waals surface area contributed by atoms with Crippen molar-refractivity contribution in [3.05, 3.63) is 41.6 Å². The number of nitrogens with zero attached hydrogens (tertiary/aromatic N) is 1. The second-order valence-electron chi connectivity index (χ2n) is 7.83. The number of alkyl halides is 3. The predicted molar refractivity (Wildman–Crippen MR) is 111 cm³/mol. The third kappa shape index (κ3) is 8.48. The van der Waals surface area contributed by atoms with Crippen molar-refractivity contribution < 1.29 is 18.0 Å². The molecule has 7 heteroatoms. The van der Waals surface area contributed by atoms with E-state index in [4.69, 9.17) is 0 Å². The first kappa shape index (κ1) is 23.8.